The highest BCUT2D eigenvalue weighted by Crippen LogP contribution is 2.16. The van der Waals surface area contributed by atoms with E-state index >= 15 is 0 Å². The standard InChI is InChI=1S/C20H16FN3O4/c1-13(25)23-15-5-8-17(18(21)11-15)19(26)12-28-20(27)14-3-6-16(7-4-14)24-10-2-9-22-24/h2-11H,12H2,1H3,(H,23,25). The molecule has 142 valence electrons. The lowest BCUT2D eigenvalue weighted by Gasteiger charge is -2.08. The molecule has 1 amide bonds. The van der Waals surface area contributed by atoms with E-state index in [1.807, 2.05) is 0 Å². The first-order valence-electron chi connectivity index (χ1n) is 8.31. The fraction of sp³-hybridized carbons (Fsp3) is 0.100. The van der Waals surface area contributed by atoms with Gasteiger partial charge in [-0.2, -0.15) is 5.10 Å². The second kappa shape index (κ2) is 8.26. The third kappa shape index (κ3) is 4.47. The third-order valence-electron chi connectivity index (χ3n) is 3.80. The number of esters is 1. The highest BCUT2D eigenvalue weighted by atomic mass is 19.1. The van der Waals surface area contributed by atoms with Crippen molar-refractivity contribution in [2.24, 2.45) is 0 Å². The van der Waals surface area contributed by atoms with Crippen molar-refractivity contribution in [1.82, 2.24) is 9.78 Å². The summed E-state index contributed by atoms with van der Waals surface area (Å²) in [7, 11) is 0. The van der Waals surface area contributed by atoms with Crippen molar-refractivity contribution in [2.45, 2.75) is 6.92 Å². The number of anilines is 1. The van der Waals surface area contributed by atoms with Gasteiger partial charge in [-0.25, -0.2) is 13.9 Å². The number of nitrogens with zero attached hydrogens (tertiary/aromatic N) is 2. The van der Waals surface area contributed by atoms with Crippen molar-refractivity contribution in [1.29, 1.82) is 0 Å². The topological polar surface area (TPSA) is 90.3 Å². The molecule has 3 rings (SSSR count). The van der Waals surface area contributed by atoms with Crippen LogP contribution in [0.4, 0.5) is 10.1 Å². The molecule has 0 spiro atoms. The first-order valence-corrected chi connectivity index (χ1v) is 8.31. The smallest absolute Gasteiger partial charge is 0.338 e. The summed E-state index contributed by atoms with van der Waals surface area (Å²) in [6.45, 7) is 0.689. The first kappa shape index (κ1) is 19.0. The largest absolute Gasteiger partial charge is 0.454 e. The van der Waals surface area contributed by atoms with Crippen LogP contribution in [0.25, 0.3) is 5.69 Å². The summed E-state index contributed by atoms with van der Waals surface area (Å²) in [5, 5.41) is 6.50. The molecular weight excluding hydrogens is 365 g/mol. The summed E-state index contributed by atoms with van der Waals surface area (Å²) < 4.78 is 20.7. The zero-order valence-electron chi connectivity index (χ0n) is 14.9. The molecule has 0 unspecified atom stereocenters. The van der Waals surface area contributed by atoms with E-state index < -0.39 is 24.2 Å². The van der Waals surface area contributed by atoms with Crippen molar-refractivity contribution in [3.63, 3.8) is 0 Å². The van der Waals surface area contributed by atoms with Crippen LogP contribution >= 0.6 is 0 Å². The molecule has 0 aliphatic heterocycles. The van der Waals surface area contributed by atoms with Crippen LogP contribution in [0.2, 0.25) is 0 Å². The second-order valence-electron chi connectivity index (χ2n) is 5.87. The molecule has 0 bridgehead atoms. The Kier molecular flexibility index (Phi) is 5.59. The van der Waals surface area contributed by atoms with Gasteiger partial charge in [0.1, 0.15) is 5.82 Å². The number of ether oxygens (including phenoxy) is 1. The summed E-state index contributed by atoms with van der Waals surface area (Å²) in [4.78, 5) is 35.2. The molecule has 0 fully saturated rings. The number of ketones is 1. The number of aromatic nitrogens is 2. The first-order chi connectivity index (χ1) is 13.4. The molecule has 3 aromatic rings. The molecule has 2 aromatic carbocycles. The number of hydrogen-bond donors (Lipinski definition) is 1. The maximum absolute atomic E-state index is 14.1. The van der Waals surface area contributed by atoms with E-state index in [4.69, 9.17) is 4.74 Å². The van der Waals surface area contributed by atoms with E-state index in [1.54, 1.807) is 47.4 Å². The van der Waals surface area contributed by atoms with Gasteiger partial charge in [0, 0.05) is 25.0 Å². The molecule has 0 aliphatic carbocycles. The number of hydrogen-bond acceptors (Lipinski definition) is 5. The van der Waals surface area contributed by atoms with Gasteiger partial charge in [0.15, 0.2) is 6.61 Å². The lowest BCUT2D eigenvalue weighted by Crippen LogP contribution is -2.16. The average molecular weight is 381 g/mol. The Morgan fingerprint density at radius 1 is 1.14 bits per heavy atom. The Morgan fingerprint density at radius 3 is 2.50 bits per heavy atom. The van der Waals surface area contributed by atoms with Gasteiger partial charge in [-0.3, -0.25) is 9.59 Å². The van der Waals surface area contributed by atoms with E-state index in [9.17, 15) is 18.8 Å². The Balaban J connectivity index is 1.61. The summed E-state index contributed by atoms with van der Waals surface area (Å²) in [5.41, 5.74) is 1.02. The second-order valence-corrected chi connectivity index (χ2v) is 5.87. The summed E-state index contributed by atoms with van der Waals surface area (Å²) >= 11 is 0. The van der Waals surface area contributed by atoms with Gasteiger partial charge in [-0.1, -0.05) is 0 Å². The average Bonchev–Trinajstić information content (AvgIpc) is 3.20. The number of rotatable bonds is 6. The van der Waals surface area contributed by atoms with E-state index in [-0.39, 0.29) is 22.7 Å². The number of carbonyl (C=O) groups is 3. The Bertz CT molecular complexity index is 1010. The molecule has 0 aliphatic rings. The van der Waals surface area contributed by atoms with Gasteiger partial charge in [0.25, 0.3) is 0 Å². The number of benzene rings is 2. The molecule has 1 N–H and O–H groups in total. The molecule has 8 heteroatoms. The SMILES string of the molecule is CC(=O)Nc1ccc(C(=O)COC(=O)c2ccc(-n3cccn3)cc2)c(F)c1. The Hall–Kier alpha value is -3.81. The molecular formula is C20H16FN3O4. The monoisotopic (exact) mass is 381 g/mol. The highest BCUT2D eigenvalue weighted by molar-refractivity contribution is 6.00. The number of nitrogens with one attached hydrogen (secondary N) is 1. The van der Waals surface area contributed by atoms with Gasteiger partial charge in [-0.05, 0) is 48.5 Å². The fourth-order valence-corrected chi connectivity index (χ4v) is 2.49. The summed E-state index contributed by atoms with van der Waals surface area (Å²) in [5.74, 6) is -2.55. The molecule has 0 radical (unpaired) electrons. The van der Waals surface area contributed by atoms with Crippen LogP contribution < -0.4 is 5.32 Å². The van der Waals surface area contributed by atoms with Gasteiger partial charge >= 0.3 is 5.97 Å². The maximum Gasteiger partial charge on any atom is 0.338 e. The molecule has 28 heavy (non-hydrogen) atoms. The van der Waals surface area contributed by atoms with Crippen molar-refractivity contribution in [3.8, 4) is 5.69 Å². The number of carbonyl (C=O) groups excluding carboxylic acids is 3. The van der Waals surface area contributed by atoms with Crippen molar-refractivity contribution >= 4 is 23.3 Å². The predicted octanol–water partition coefficient (Wildman–Crippen LogP) is 3.01. The quantitative estimate of drug-likeness (QED) is 0.524. The fourth-order valence-electron chi connectivity index (χ4n) is 2.49. The highest BCUT2D eigenvalue weighted by Gasteiger charge is 2.16. The van der Waals surface area contributed by atoms with Crippen LogP contribution in [0.5, 0.6) is 0 Å². The number of halogens is 1. The Morgan fingerprint density at radius 2 is 1.89 bits per heavy atom. The zero-order chi connectivity index (χ0) is 20.1. The van der Waals surface area contributed by atoms with Crippen LogP contribution in [0.1, 0.15) is 27.6 Å². The van der Waals surface area contributed by atoms with Crippen LogP contribution in [-0.4, -0.2) is 34.0 Å². The van der Waals surface area contributed by atoms with Gasteiger partial charge < -0.3 is 10.1 Å². The maximum atomic E-state index is 14.1. The molecule has 0 saturated carbocycles. The van der Waals surface area contributed by atoms with Gasteiger partial charge in [0.2, 0.25) is 11.7 Å². The minimum Gasteiger partial charge on any atom is -0.454 e. The van der Waals surface area contributed by atoms with E-state index in [2.05, 4.69) is 10.4 Å². The van der Waals surface area contributed by atoms with E-state index in [1.165, 1.54) is 19.1 Å². The van der Waals surface area contributed by atoms with Crippen molar-refractivity contribution in [2.75, 3.05) is 11.9 Å². The Labute approximate surface area is 159 Å². The van der Waals surface area contributed by atoms with Crippen LogP contribution in [0.15, 0.2) is 60.9 Å². The van der Waals surface area contributed by atoms with Crippen LogP contribution in [0, 0.1) is 5.82 Å². The van der Waals surface area contributed by atoms with Gasteiger partial charge in [0.05, 0.1) is 16.8 Å². The molecule has 1 heterocycles. The zero-order valence-corrected chi connectivity index (χ0v) is 14.9. The van der Waals surface area contributed by atoms with Crippen LogP contribution in [0.3, 0.4) is 0 Å². The third-order valence-corrected chi connectivity index (χ3v) is 3.80. The van der Waals surface area contributed by atoms with E-state index in [0.717, 1.165) is 11.8 Å². The van der Waals surface area contributed by atoms with Crippen molar-refractivity contribution < 1.29 is 23.5 Å². The minimum atomic E-state index is -0.809. The lowest BCUT2D eigenvalue weighted by molar-refractivity contribution is -0.114. The molecule has 0 atom stereocenters. The van der Waals surface area contributed by atoms with Crippen molar-refractivity contribution in [3.05, 3.63) is 77.9 Å². The lowest BCUT2D eigenvalue weighted by atomic mass is 10.1. The predicted molar refractivity (Wildman–Crippen MR) is 98.9 cm³/mol. The molecule has 7 nitrogen and oxygen atoms in total. The normalized spacial score (nSPS) is 10.4. The summed E-state index contributed by atoms with van der Waals surface area (Å²) in [6, 6.07) is 11.9. The number of amides is 1. The molecule has 1 aromatic heterocycles. The minimum absolute atomic E-state index is 0.226. The summed E-state index contributed by atoms with van der Waals surface area (Å²) in [6.07, 6.45) is 3.40. The molecule has 0 saturated heterocycles. The van der Waals surface area contributed by atoms with Crippen LogP contribution in [-0.2, 0) is 9.53 Å². The van der Waals surface area contributed by atoms with E-state index in [0.29, 0.717) is 0 Å². The number of Topliss-reactive ketones (excluding diaryl/α,β-unsaturated/α-hetero) is 1. The van der Waals surface area contributed by atoms with Gasteiger partial charge in [-0.15, -0.1) is 0 Å².